The molecule has 2 aliphatic rings. The van der Waals surface area contributed by atoms with Gasteiger partial charge in [0, 0.05) is 12.5 Å². The van der Waals surface area contributed by atoms with Crippen LogP contribution >= 0.6 is 23.1 Å². The van der Waals surface area contributed by atoms with E-state index in [-0.39, 0.29) is 10.9 Å². The number of amidine groups is 1. The number of hydrogen-bond acceptors (Lipinski definition) is 8. The van der Waals surface area contributed by atoms with Gasteiger partial charge in [0.05, 0.1) is 35.8 Å². The van der Waals surface area contributed by atoms with Crippen molar-refractivity contribution >= 4 is 45.9 Å². The molecule has 2 aromatic rings. The fourth-order valence-corrected chi connectivity index (χ4v) is 4.62. The highest BCUT2D eigenvalue weighted by atomic mass is 32.2. The van der Waals surface area contributed by atoms with Crippen LogP contribution in [0.15, 0.2) is 62.9 Å². The number of esters is 1. The molecule has 7 nitrogen and oxygen atoms in total. The third kappa shape index (κ3) is 3.96. The van der Waals surface area contributed by atoms with Crippen molar-refractivity contribution in [2.24, 2.45) is 10.1 Å². The average molecular weight is 428 g/mol. The Morgan fingerprint density at radius 3 is 2.69 bits per heavy atom. The minimum absolute atomic E-state index is 0.116. The maximum absolute atomic E-state index is 12.3. The summed E-state index contributed by atoms with van der Waals surface area (Å²) >= 11 is 2.74. The average Bonchev–Trinajstić information content (AvgIpc) is 3.48. The summed E-state index contributed by atoms with van der Waals surface area (Å²) < 4.78 is 9.87. The van der Waals surface area contributed by atoms with Crippen molar-refractivity contribution < 1.29 is 19.1 Å². The van der Waals surface area contributed by atoms with Crippen LogP contribution in [0.2, 0.25) is 0 Å². The molecule has 0 radical (unpaired) electrons. The van der Waals surface area contributed by atoms with E-state index >= 15 is 0 Å². The van der Waals surface area contributed by atoms with Crippen LogP contribution in [0.3, 0.4) is 0 Å². The Morgan fingerprint density at radius 1 is 1.24 bits per heavy atom. The Morgan fingerprint density at radius 2 is 2.03 bits per heavy atom. The molecule has 4 rings (SSSR count). The quantitative estimate of drug-likeness (QED) is 0.548. The molecular formula is C20H17N3O4S2. The number of hydrogen-bond donors (Lipinski definition) is 0. The van der Waals surface area contributed by atoms with E-state index in [1.54, 1.807) is 23.5 Å². The van der Waals surface area contributed by atoms with Crippen LogP contribution in [-0.4, -0.2) is 42.0 Å². The first-order chi connectivity index (χ1) is 14.1. The molecule has 0 fully saturated rings. The second-order valence-electron chi connectivity index (χ2n) is 6.19. The van der Waals surface area contributed by atoms with Gasteiger partial charge < -0.3 is 9.47 Å². The summed E-state index contributed by atoms with van der Waals surface area (Å²) in [5, 5.41) is 8.97. The molecule has 1 unspecified atom stereocenters. The zero-order chi connectivity index (χ0) is 20.4. The van der Waals surface area contributed by atoms with Crippen molar-refractivity contribution in [3.05, 3.63) is 63.2 Å². The summed E-state index contributed by atoms with van der Waals surface area (Å²) in [6, 6.07) is 11.6. The molecule has 1 aromatic carbocycles. The lowest BCUT2D eigenvalue weighted by molar-refractivity contribution is -0.135. The van der Waals surface area contributed by atoms with Crippen molar-refractivity contribution in [2.75, 3.05) is 14.2 Å². The summed E-state index contributed by atoms with van der Waals surface area (Å²) in [6.07, 6.45) is 1.84. The monoisotopic (exact) mass is 427 g/mol. The lowest BCUT2D eigenvalue weighted by Crippen LogP contribution is -2.23. The van der Waals surface area contributed by atoms with Crippen molar-refractivity contribution in [1.82, 2.24) is 5.01 Å². The maximum atomic E-state index is 12.3. The van der Waals surface area contributed by atoms with Gasteiger partial charge in [-0.05, 0) is 40.9 Å². The lowest BCUT2D eigenvalue weighted by atomic mass is 10.0. The highest BCUT2D eigenvalue weighted by Gasteiger charge is 2.36. The third-order valence-electron chi connectivity index (χ3n) is 4.47. The van der Waals surface area contributed by atoms with Crippen LogP contribution in [-0.2, 0) is 14.3 Å². The first kappa shape index (κ1) is 19.4. The lowest BCUT2D eigenvalue weighted by Gasteiger charge is -2.22. The van der Waals surface area contributed by atoms with Crippen LogP contribution in [0.1, 0.15) is 22.9 Å². The first-order valence-corrected chi connectivity index (χ1v) is 10.4. The molecular weight excluding hydrogens is 410 g/mol. The molecule has 1 aromatic heterocycles. The SMILES string of the molecule is COC(=O)/C=C1/SC(N2N=C(c3cccs3)CC2c2ccc(OC)cc2)=NC1=O. The highest BCUT2D eigenvalue weighted by Crippen LogP contribution is 2.39. The zero-order valence-corrected chi connectivity index (χ0v) is 17.3. The van der Waals surface area contributed by atoms with Crippen molar-refractivity contribution in [3.63, 3.8) is 0 Å². The van der Waals surface area contributed by atoms with Gasteiger partial charge in [-0.3, -0.25) is 4.79 Å². The second kappa shape index (κ2) is 8.22. The second-order valence-corrected chi connectivity index (χ2v) is 8.15. The number of hydrazone groups is 1. The molecule has 0 aliphatic carbocycles. The van der Waals surface area contributed by atoms with Gasteiger partial charge in [-0.2, -0.15) is 10.1 Å². The molecule has 0 saturated heterocycles. The highest BCUT2D eigenvalue weighted by molar-refractivity contribution is 8.18. The molecule has 1 atom stereocenters. The van der Waals surface area contributed by atoms with Gasteiger partial charge in [0.1, 0.15) is 5.75 Å². The number of thioether (sulfide) groups is 1. The van der Waals surface area contributed by atoms with E-state index in [2.05, 4.69) is 9.73 Å². The minimum Gasteiger partial charge on any atom is -0.497 e. The van der Waals surface area contributed by atoms with Crippen molar-refractivity contribution in [1.29, 1.82) is 0 Å². The third-order valence-corrected chi connectivity index (χ3v) is 6.36. The number of benzene rings is 1. The number of nitrogens with zero attached hydrogens (tertiary/aromatic N) is 3. The Labute approximate surface area is 175 Å². The smallest absolute Gasteiger partial charge is 0.331 e. The van der Waals surface area contributed by atoms with E-state index in [9.17, 15) is 9.59 Å². The standard InChI is InChI=1S/C20H17N3O4S2/c1-26-13-7-5-12(6-8-13)15-10-14(16-4-3-9-28-16)22-23(15)20-21-19(25)17(29-20)11-18(24)27-2/h3-9,11,15H,10H2,1-2H3/b17-11+. The number of thiophene rings is 1. The van der Waals surface area contributed by atoms with Crippen molar-refractivity contribution in [3.8, 4) is 5.75 Å². The molecule has 0 saturated carbocycles. The van der Waals surface area contributed by atoms with Gasteiger partial charge in [-0.15, -0.1) is 11.3 Å². The van der Waals surface area contributed by atoms with Crippen LogP contribution in [0.5, 0.6) is 5.75 Å². The number of aliphatic imine (C=N–C) groups is 1. The topological polar surface area (TPSA) is 80.6 Å². The maximum Gasteiger partial charge on any atom is 0.331 e. The number of methoxy groups -OCH3 is 2. The zero-order valence-electron chi connectivity index (χ0n) is 15.7. The van der Waals surface area contributed by atoms with Gasteiger partial charge in [-0.25, -0.2) is 9.80 Å². The Hall–Kier alpha value is -2.91. The number of rotatable bonds is 4. The summed E-state index contributed by atoms with van der Waals surface area (Å²) in [5.74, 6) is -0.291. The van der Waals surface area contributed by atoms with Gasteiger partial charge in [0.15, 0.2) is 5.17 Å². The van der Waals surface area contributed by atoms with Crippen molar-refractivity contribution in [2.45, 2.75) is 12.5 Å². The Bertz CT molecular complexity index is 1030. The largest absolute Gasteiger partial charge is 0.497 e. The predicted octanol–water partition coefficient (Wildman–Crippen LogP) is 3.59. The normalized spacial score (nSPS) is 20.1. The van der Waals surface area contributed by atoms with Gasteiger partial charge in [-0.1, -0.05) is 18.2 Å². The molecule has 0 bridgehead atoms. The van der Waals surface area contributed by atoms with Crippen LogP contribution in [0, 0.1) is 0 Å². The van der Waals surface area contributed by atoms with E-state index < -0.39 is 11.9 Å². The van der Waals surface area contributed by atoms with Crippen LogP contribution in [0.4, 0.5) is 0 Å². The summed E-state index contributed by atoms with van der Waals surface area (Å²) in [6.45, 7) is 0. The summed E-state index contributed by atoms with van der Waals surface area (Å²) in [7, 11) is 2.89. The molecule has 1 amide bonds. The molecule has 29 heavy (non-hydrogen) atoms. The van der Waals surface area contributed by atoms with E-state index in [4.69, 9.17) is 9.84 Å². The molecule has 3 heterocycles. The Kier molecular flexibility index (Phi) is 5.50. The number of carbonyl (C=O) groups is 2. The number of carbonyl (C=O) groups excluding carboxylic acids is 2. The summed E-state index contributed by atoms with van der Waals surface area (Å²) in [5.41, 5.74) is 1.96. The van der Waals surface area contributed by atoms with Gasteiger partial charge >= 0.3 is 5.97 Å². The van der Waals surface area contributed by atoms with Crippen LogP contribution in [0.25, 0.3) is 0 Å². The van der Waals surface area contributed by atoms with E-state index in [0.717, 1.165) is 39.7 Å². The minimum atomic E-state index is -0.590. The summed E-state index contributed by atoms with van der Waals surface area (Å²) in [4.78, 5) is 29.2. The predicted molar refractivity (Wildman–Crippen MR) is 113 cm³/mol. The van der Waals surface area contributed by atoms with Gasteiger partial charge in [0.25, 0.3) is 5.91 Å². The molecule has 148 valence electrons. The van der Waals surface area contributed by atoms with E-state index in [0.29, 0.717) is 11.6 Å². The molecule has 0 spiro atoms. The first-order valence-electron chi connectivity index (χ1n) is 8.74. The fraction of sp³-hybridized carbons (Fsp3) is 0.200. The number of ether oxygens (including phenoxy) is 2. The van der Waals surface area contributed by atoms with Crippen LogP contribution < -0.4 is 4.74 Å². The number of amides is 1. The van der Waals surface area contributed by atoms with E-state index in [1.807, 2.05) is 41.8 Å². The Balaban J connectivity index is 1.67. The molecule has 0 N–H and O–H groups in total. The molecule has 2 aliphatic heterocycles. The fourth-order valence-electron chi connectivity index (χ4n) is 3.03. The van der Waals surface area contributed by atoms with Gasteiger partial charge in [0.2, 0.25) is 0 Å². The molecule has 9 heteroatoms. The van der Waals surface area contributed by atoms with E-state index in [1.165, 1.54) is 7.11 Å².